The average molecular weight is 373 g/mol. The lowest BCUT2D eigenvalue weighted by Crippen LogP contribution is -2.30. The molecule has 3 aromatic rings. The normalized spacial score (nSPS) is 11.9. The number of nitrogens with one attached hydrogen (secondary N) is 1. The molecule has 0 radical (unpaired) electrons. The molecule has 0 unspecified atom stereocenters. The van der Waals surface area contributed by atoms with E-state index in [1.165, 1.54) is 11.8 Å². The molecule has 1 amide bonds. The van der Waals surface area contributed by atoms with Gasteiger partial charge >= 0.3 is 0 Å². The van der Waals surface area contributed by atoms with Gasteiger partial charge in [-0.25, -0.2) is 0 Å². The molecule has 2 heterocycles. The zero-order chi connectivity index (χ0) is 18.4. The molecule has 8 nitrogen and oxygen atoms in total. The van der Waals surface area contributed by atoms with Crippen LogP contribution < -0.4 is 10.1 Å². The number of aromatic nitrogens is 4. The van der Waals surface area contributed by atoms with Crippen LogP contribution >= 0.6 is 11.8 Å². The van der Waals surface area contributed by atoms with Gasteiger partial charge in [-0.3, -0.25) is 4.79 Å². The van der Waals surface area contributed by atoms with E-state index in [-0.39, 0.29) is 11.2 Å². The molecule has 1 aromatic carbocycles. The highest BCUT2D eigenvalue weighted by atomic mass is 32.2. The van der Waals surface area contributed by atoms with Gasteiger partial charge in [-0.05, 0) is 48.5 Å². The first-order chi connectivity index (χ1) is 12.7. The number of para-hydroxylation sites is 2. The number of benzene rings is 1. The average Bonchev–Trinajstić information content (AvgIpc) is 3.32. The number of hydrogen-bond donors (Lipinski definition) is 1. The highest BCUT2D eigenvalue weighted by Crippen LogP contribution is 2.27. The van der Waals surface area contributed by atoms with Gasteiger partial charge in [-0.15, -0.1) is 5.10 Å². The topological polar surface area (TPSA) is 95.1 Å². The van der Waals surface area contributed by atoms with E-state index in [2.05, 4.69) is 20.8 Å². The van der Waals surface area contributed by atoms with Crippen molar-refractivity contribution in [3.8, 4) is 11.4 Å². The number of carbonyl (C=O) groups excluding carboxylic acids is 1. The third kappa shape index (κ3) is 4.23. The van der Waals surface area contributed by atoms with E-state index in [0.717, 1.165) is 5.69 Å². The number of carbonyl (C=O) groups is 1. The van der Waals surface area contributed by atoms with E-state index in [0.29, 0.717) is 29.8 Å². The molecule has 0 aliphatic heterocycles. The third-order valence-electron chi connectivity index (χ3n) is 3.50. The number of amides is 1. The van der Waals surface area contributed by atoms with E-state index < -0.39 is 0 Å². The van der Waals surface area contributed by atoms with Gasteiger partial charge in [0.1, 0.15) is 17.2 Å². The van der Waals surface area contributed by atoms with E-state index in [4.69, 9.17) is 9.15 Å². The Morgan fingerprint density at radius 3 is 2.96 bits per heavy atom. The number of thioether (sulfide) groups is 1. The van der Waals surface area contributed by atoms with Crippen molar-refractivity contribution in [2.45, 2.75) is 30.8 Å². The molecule has 0 aliphatic carbocycles. The molecule has 0 fully saturated rings. The minimum Gasteiger partial charge on any atom is -0.492 e. The molecule has 0 saturated heterocycles. The lowest BCUT2D eigenvalue weighted by Gasteiger charge is -2.13. The minimum absolute atomic E-state index is 0.126. The molecule has 3 rings (SSSR count). The molecule has 0 spiro atoms. The van der Waals surface area contributed by atoms with Crippen LogP contribution in [-0.4, -0.2) is 38.0 Å². The number of rotatable bonds is 8. The Kier molecular flexibility index (Phi) is 5.90. The second kappa shape index (κ2) is 8.52. The van der Waals surface area contributed by atoms with Crippen molar-refractivity contribution >= 4 is 17.7 Å². The van der Waals surface area contributed by atoms with Crippen molar-refractivity contribution in [1.82, 2.24) is 25.5 Å². The quantitative estimate of drug-likeness (QED) is 0.606. The summed E-state index contributed by atoms with van der Waals surface area (Å²) in [5.41, 5.74) is 0.727. The van der Waals surface area contributed by atoms with Crippen molar-refractivity contribution in [1.29, 1.82) is 0 Å². The zero-order valence-electron chi connectivity index (χ0n) is 14.5. The molecular weight excluding hydrogens is 354 g/mol. The van der Waals surface area contributed by atoms with Crippen molar-refractivity contribution in [2.75, 3.05) is 6.61 Å². The summed E-state index contributed by atoms with van der Waals surface area (Å²) in [6.07, 6.45) is 1.57. The largest absolute Gasteiger partial charge is 0.492 e. The lowest BCUT2D eigenvalue weighted by atomic mass is 10.3. The summed E-state index contributed by atoms with van der Waals surface area (Å²) in [6.45, 7) is 4.59. The monoisotopic (exact) mass is 373 g/mol. The van der Waals surface area contributed by atoms with Gasteiger partial charge in [0.25, 0.3) is 0 Å². The molecular formula is C17H19N5O3S. The lowest BCUT2D eigenvalue weighted by molar-refractivity contribution is -0.120. The fourth-order valence-corrected chi connectivity index (χ4v) is 3.08. The van der Waals surface area contributed by atoms with Crippen LogP contribution in [-0.2, 0) is 11.3 Å². The first kappa shape index (κ1) is 18.0. The van der Waals surface area contributed by atoms with Crippen LogP contribution in [0.15, 0.2) is 52.2 Å². The molecule has 0 saturated carbocycles. The van der Waals surface area contributed by atoms with E-state index in [1.807, 2.05) is 37.3 Å². The van der Waals surface area contributed by atoms with Crippen molar-refractivity contribution in [3.05, 3.63) is 48.4 Å². The second-order valence-electron chi connectivity index (χ2n) is 5.33. The molecule has 0 bridgehead atoms. The van der Waals surface area contributed by atoms with Gasteiger partial charge < -0.3 is 14.5 Å². The van der Waals surface area contributed by atoms with Gasteiger partial charge in [-0.1, -0.05) is 23.9 Å². The predicted molar refractivity (Wildman–Crippen MR) is 96.2 cm³/mol. The Balaban J connectivity index is 1.69. The Morgan fingerprint density at radius 1 is 1.35 bits per heavy atom. The Labute approximate surface area is 154 Å². The smallest absolute Gasteiger partial charge is 0.233 e. The van der Waals surface area contributed by atoms with E-state index in [9.17, 15) is 4.79 Å². The highest BCUT2D eigenvalue weighted by Gasteiger charge is 2.20. The van der Waals surface area contributed by atoms with Gasteiger partial charge in [0.05, 0.1) is 24.7 Å². The third-order valence-corrected chi connectivity index (χ3v) is 4.54. The first-order valence-electron chi connectivity index (χ1n) is 8.16. The standard InChI is InChI=1S/C17H19N5O3S/c1-3-24-15-9-5-4-8-14(15)22-17(19-20-21-22)26-12(2)16(23)18-11-13-7-6-10-25-13/h4-10,12H,3,11H2,1-2H3,(H,18,23)/t12-/m1/s1. The maximum atomic E-state index is 12.3. The predicted octanol–water partition coefficient (Wildman–Crippen LogP) is 2.45. The number of nitrogens with zero attached hydrogens (tertiary/aromatic N) is 4. The summed E-state index contributed by atoms with van der Waals surface area (Å²) in [5.74, 6) is 1.25. The maximum Gasteiger partial charge on any atom is 0.233 e. The van der Waals surface area contributed by atoms with Gasteiger partial charge in [0.15, 0.2) is 0 Å². The van der Waals surface area contributed by atoms with Crippen LogP contribution in [0.25, 0.3) is 5.69 Å². The Bertz CT molecular complexity index is 850. The van der Waals surface area contributed by atoms with Crippen molar-refractivity contribution in [2.24, 2.45) is 0 Å². The Hall–Kier alpha value is -2.81. The van der Waals surface area contributed by atoms with Gasteiger partial charge in [0, 0.05) is 0 Å². The molecule has 1 atom stereocenters. The summed E-state index contributed by atoms with van der Waals surface area (Å²) in [4.78, 5) is 12.3. The van der Waals surface area contributed by atoms with Crippen molar-refractivity contribution in [3.63, 3.8) is 0 Å². The van der Waals surface area contributed by atoms with Crippen LogP contribution in [0.2, 0.25) is 0 Å². The van der Waals surface area contributed by atoms with Crippen LogP contribution in [0.5, 0.6) is 5.75 Å². The van der Waals surface area contributed by atoms with E-state index in [1.54, 1.807) is 23.9 Å². The van der Waals surface area contributed by atoms with Crippen LogP contribution in [0.1, 0.15) is 19.6 Å². The second-order valence-corrected chi connectivity index (χ2v) is 6.64. The maximum absolute atomic E-state index is 12.3. The Morgan fingerprint density at radius 2 is 2.19 bits per heavy atom. The van der Waals surface area contributed by atoms with Gasteiger partial charge in [-0.2, -0.15) is 4.68 Å². The van der Waals surface area contributed by atoms with Crippen molar-refractivity contribution < 1.29 is 13.9 Å². The fraction of sp³-hybridized carbons (Fsp3) is 0.294. The molecule has 136 valence electrons. The fourth-order valence-electron chi connectivity index (χ4n) is 2.26. The number of hydrogen-bond acceptors (Lipinski definition) is 7. The molecule has 9 heteroatoms. The summed E-state index contributed by atoms with van der Waals surface area (Å²) in [5, 5.41) is 14.8. The molecule has 26 heavy (non-hydrogen) atoms. The highest BCUT2D eigenvalue weighted by molar-refractivity contribution is 8.00. The zero-order valence-corrected chi connectivity index (χ0v) is 15.3. The van der Waals surface area contributed by atoms with Crippen LogP contribution in [0.4, 0.5) is 0 Å². The minimum atomic E-state index is -0.381. The van der Waals surface area contributed by atoms with Crippen LogP contribution in [0, 0.1) is 0 Å². The summed E-state index contributed by atoms with van der Waals surface area (Å²) in [7, 11) is 0. The number of tetrazole rings is 1. The van der Waals surface area contributed by atoms with Crippen LogP contribution in [0.3, 0.4) is 0 Å². The number of ether oxygens (including phenoxy) is 1. The molecule has 0 aliphatic rings. The number of furan rings is 1. The SMILES string of the molecule is CCOc1ccccc1-n1nnnc1S[C@H](C)C(=O)NCc1ccco1. The molecule has 2 aromatic heterocycles. The van der Waals surface area contributed by atoms with Gasteiger partial charge in [0.2, 0.25) is 11.1 Å². The summed E-state index contributed by atoms with van der Waals surface area (Å²) in [6, 6.07) is 11.1. The first-order valence-corrected chi connectivity index (χ1v) is 9.04. The summed E-state index contributed by atoms with van der Waals surface area (Å²) >= 11 is 1.27. The summed E-state index contributed by atoms with van der Waals surface area (Å²) < 4.78 is 12.4. The van der Waals surface area contributed by atoms with E-state index >= 15 is 0 Å². The molecule has 1 N–H and O–H groups in total.